The Hall–Kier alpha value is -1.66. The number of rotatable bonds is 4. The summed E-state index contributed by atoms with van der Waals surface area (Å²) in [4.78, 5) is 0.112. The van der Waals surface area contributed by atoms with Crippen LogP contribution in [0.25, 0.3) is 0 Å². The molecule has 0 spiro atoms. The highest BCUT2D eigenvalue weighted by Crippen LogP contribution is 2.19. The Morgan fingerprint density at radius 2 is 1.70 bits per heavy atom. The first kappa shape index (κ1) is 14.7. The second-order valence-corrected chi connectivity index (χ2v) is 5.61. The van der Waals surface area contributed by atoms with Gasteiger partial charge in [0.05, 0.1) is 16.6 Å². The highest BCUT2D eigenvalue weighted by molar-refractivity contribution is 7.84. The van der Waals surface area contributed by atoms with E-state index in [4.69, 9.17) is 5.73 Å². The Kier molecular flexibility index (Phi) is 4.57. The monoisotopic (exact) mass is 299 g/mol. The molecule has 2 aromatic carbocycles. The Labute approximate surface area is 116 Å². The molecule has 106 valence electrons. The Balaban J connectivity index is 2.25. The zero-order valence-electron chi connectivity index (χ0n) is 10.4. The number of hydrogen-bond donors (Lipinski definition) is 1. The molecule has 2 N–H and O–H groups in total. The van der Waals surface area contributed by atoms with E-state index in [9.17, 15) is 17.4 Å². The molecule has 0 aliphatic rings. The fourth-order valence-corrected chi connectivity index (χ4v) is 2.87. The molecule has 0 fully saturated rings. The summed E-state index contributed by atoms with van der Waals surface area (Å²) >= 11 is 0. The summed E-state index contributed by atoms with van der Waals surface area (Å²) in [5.74, 6) is -2.72. The zero-order chi connectivity index (χ0) is 14.7. The maximum Gasteiger partial charge on any atom is 0.160 e. The fraction of sp³-hybridized carbons (Fsp3) is 0.143. The van der Waals surface area contributed by atoms with Crippen LogP contribution < -0.4 is 5.73 Å². The van der Waals surface area contributed by atoms with Gasteiger partial charge < -0.3 is 5.73 Å². The highest BCUT2D eigenvalue weighted by atomic mass is 32.2. The molecule has 0 aliphatic carbocycles. The van der Waals surface area contributed by atoms with Crippen LogP contribution in [-0.4, -0.2) is 4.21 Å². The summed E-state index contributed by atoms with van der Waals surface area (Å²) in [5.41, 5.74) is 5.95. The molecule has 0 radical (unpaired) electrons. The molecule has 0 saturated carbocycles. The van der Waals surface area contributed by atoms with Crippen LogP contribution in [0.1, 0.15) is 11.1 Å². The Bertz CT molecular complexity index is 661. The number of benzene rings is 2. The van der Waals surface area contributed by atoms with Crippen molar-refractivity contribution >= 4 is 10.8 Å². The van der Waals surface area contributed by atoms with Gasteiger partial charge in [-0.1, -0.05) is 18.2 Å². The van der Waals surface area contributed by atoms with E-state index >= 15 is 0 Å². The molecule has 2 aromatic rings. The first-order valence-electron chi connectivity index (χ1n) is 5.82. The van der Waals surface area contributed by atoms with Crippen LogP contribution in [0.4, 0.5) is 13.2 Å². The predicted molar refractivity (Wildman–Crippen MR) is 70.8 cm³/mol. The SMILES string of the molecule is NCc1cccc(CS(=O)c2ccc(F)c(F)c2)c1F. The molecule has 2 nitrogen and oxygen atoms in total. The van der Waals surface area contributed by atoms with Crippen LogP contribution >= 0.6 is 0 Å². The number of halogens is 3. The molecule has 0 aliphatic heterocycles. The minimum absolute atomic E-state index is 0.0392. The molecule has 0 aromatic heterocycles. The zero-order valence-corrected chi connectivity index (χ0v) is 11.2. The fourth-order valence-electron chi connectivity index (χ4n) is 1.75. The molecular weight excluding hydrogens is 287 g/mol. The maximum atomic E-state index is 13.9. The maximum absolute atomic E-state index is 13.9. The average molecular weight is 299 g/mol. The molecule has 0 saturated heterocycles. The average Bonchev–Trinajstić information content (AvgIpc) is 2.44. The predicted octanol–water partition coefficient (Wildman–Crippen LogP) is 2.87. The summed E-state index contributed by atoms with van der Waals surface area (Å²) < 4.78 is 51.9. The van der Waals surface area contributed by atoms with Crippen molar-refractivity contribution in [3.8, 4) is 0 Å². The number of nitrogens with two attached hydrogens (primary N) is 1. The van der Waals surface area contributed by atoms with Gasteiger partial charge in [0.15, 0.2) is 11.6 Å². The van der Waals surface area contributed by atoms with Gasteiger partial charge in [0, 0.05) is 22.6 Å². The molecule has 20 heavy (non-hydrogen) atoms. The smallest absolute Gasteiger partial charge is 0.160 e. The minimum atomic E-state index is -1.66. The molecule has 0 amide bonds. The summed E-state index contributed by atoms with van der Waals surface area (Å²) in [6, 6.07) is 7.62. The molecule has 0 bridgehead atoms. The molecular formula is C14H12F3NOS. The van der Waals surface area contributed by atoms with Gasteiger partial charge in [0.2, 0.25) is 0 Å². The van der Waals surface area contributed by atoms with E-state index in [0.29, 0.717) is 5.56 Å². The van der Waals surface area contributed by atoms with Crippen molar-refractivity contribution in [2.75, 3.05) is 0 Å². The van der Waals surface area contributed by atoms with Gasteiger partial charge in [-0.2, -0.15) is 0 Å². The lowest BCUT2D eigenvalue weighted by Crippen LogP contribution is -2.05. The second kappa shape index (κ2) is 6.19. The van der Waals surface area contributed by atoms with E-state index in [2.05, 4.69) is 0 Å². The third-order valence-corrected chi connectivity index (χ3v) is 4.17. The van der Waals surface area contributed by atoms with Crippen LogP contribution in [0.2, 0.25) is 0 Å². The van der Waals surface area contributed by atoms with Crippen LogP contribution in [0.5, 0.6) is 0 Å². The number of hydrogen-bond acceptors (Lipinski definition) is 2. The van der Waals surface area contributed by atoms with Crippen LogP contribution in [0.15, 0.2) is 41.3 Å². The van der Waals surface area contributed by atoms with Crippen molar-refractivity contribution in [2.24, 2.45) is 5.73 Å². The van der Waals surface area contributed by atoms with Gasteiger partial charge in [-0.15, -0.1) is 0 Å². The summed E-state index contributed by atoms with van der Waals surface area (Å²) in [7, 11) is -1.66. The van der Waals surface area contributed by atoms with Crippen molar-refractivity contribution in [1.82, 2.24) is 0 Å². The van der Waals surface area contributed by atoms with Crippen LogP contribution in [0.3, 0.4) is 0 Å². The first-order valence-corrected chi connectivity index (χ1v) is 7.14. The van der Waals surface area contributed by atoms with E-state index in [1.165, 1.54) is 12.1 Å². The van der Waals surface area contributed by atoms with E-state index in [1.807, 2.05) is 0 Å². The van der Waals surface area contributed by atoms with E-state index in [1.54, 1.807) is 12.1 Å². The molecule has 2 rings (SSSR count). The summed E-state index contributed by atoms with van der Waals surface area (Å²) in [6.07, 6.45) is 0. The Morgan fingerprint density at radius 1 is 1.00 bits per heavy atom. The van der Waals surface area contributed by atoms with Gasteiger partial charge >= 0.3 is 0 Å². The van der Waals surface area contributed by atoms with Crippen molar-refractivity contribution in [3.05, 3.63) is 65.0 Å². The van der Waals surface area contributed by atoms with E-state index in [0.717, 1.165) is 12.1 Å². The lowest BCUT2D eigenvalue weighted by Gasteiger charge is -2.07. The topological polar surface area (TPSA) is 43.1 Å². The lowest BCUT2D eigenvalue weighted by molar-refractivity contribution is 0.505. The van der Waals surface area contributed by atoms with Crippen molar-refractivity contribution in [1.29, 1.82) is 0 Å². The molecule has 1 atom stereocenters. The Morgan fingerprint density at radius 3 is 2.35 bits per heavy atom. The minimum Gasteiger partial charge on any atom is -0.326 e. The quantitative estimate of drug-likeness (QED) is 0.943. The van der Waals surface area contributed by atoms with E-state index in [-0.39, 0.29) is 22.8 Å². The molecule has 1 unspecified atom stereocenters. The summed E-state index contributed by atoms with van der Waals surface area (Å²) in [6.45, 7) is 0.0392. The summed E-state index contributed by atoms with van der Waals surface area (Å²) in [5, 5.41) is 0. The van der Waals surface area contributed by atoms with Crippen LogP contribution in [-0.2, 0) is 23.1 Å². The normalized spacial score (nSPS) is 12.4. The lowest BCUT2D eigenvalue weighted by atomic mass is 10.1. The van der Waals surface area contributed by atoms with Crippen molar-refractivity contribution in [3.63, 3.8) is 0 Å². The largest absolute Gasteiger partial charge is 0.326 e. The van der Waals surface area contributed by atoms with Crippen molar-refractivity contribution in [2.45, 2.75) is 17.2 Å². The molecule has 6 heteroatoms. The third kappa shape index (κ3) is 3.08. The van der Waals surface area contributed by atoms with Gasteiger partial charge in [-0.3, -0.25) is 4.21 Å². The van der Waals surface area contributed by atoms with Crippen LogP contribution in [0, 0.1) is 17.5 Å². The first-order chi connectivity index (χ1) is 9.52. The van der Waals surface area contributed by atoms with Gasteiger partial charge in [0.1, 0.15) is 5.82 Å². The third-order valence-electron chi connectivity index (χ3n) is 2.82. The van der Waals surface area contributed by atoms with Gasteiger partial charge in [0.25, 0.3) is 0 Å². The van der Waals surface area contributed by atoms with Gasteiger partial charge in [-0.25, -0.2) is 13.2 Å². The standard InChI is InChI=1S/C14H12F3NOS/c15-12-5-4-11(6-13(12)16)20(19)8-10-3-1-2-9(7-18)14(10)17/h1-6H,7-8,18H2. The molecule has 0 heterocycles. The van der Waals surface area contributed by atoms with Gasteiger partial charge in [-0.05, 0) is 18.2 Å². The highest BCUT2D eigenvalue weighted by Gasteiger charge is 2.13. The van der Waals surface area contributed by atoms with E-state index < -0.39 is 28.3 Å². The second-order valence-electron chi connectivity index (χ2n) is 4.16. The van der Waals surface area contributed by atoms with Crippen molar-refractivity contribution < 1.29 is 17.4 Å².